The number of Topliss-reactive ketones (excluding diaryl/α,β-unsaturated/α-hetero) is 1. The third-order valence-corrected chi connectivity index (χ3v) is 3.57. The Morgan fingerprint density at radius 1 is 1.15 bits per heavy atom. The molecule has 0 fully saturated rings. The lowest BCUT2D eigenvalue weighted by Crippen LogP contribution is -1.93. The van der Waals surface area contributed by atoms with E-state index in [2.05, 4.69) is 6.58 Å². The van der Waals surface area contributed by atoms with Gasteiger partial charge in [0, 0.05) is 5.56 Å². The minimum Gasteiger partial charge on any atom is -0.508 e. The van der Waals surface area contributed by atoms with E-state index < -0.39 is 0 Å². The fourth-order valence-electron chi connectivity index (χ4n) is 2.50. The summed E-state index contributed by atoms with van der Waals surface area (Å²) in [6.07, 6.45) is 2.00. The van der Waals surface area contributed by atoms with Gasteiger partial charge in [-0.2, -0.15) is 0 Å². The zero-order valence-corrected chi connectivity index (χ0v) is 11.2. The summed E-state index contributed by atoms with van der Waals surface area (Å²) in [5.41, 5.74) is 5.55. The lowest BCUT2D eigenvalue weighted by molar-refractivity contribution is 0.101. The van der Waals surface area contributed by atoms with Crippen LogP contribution in [0.15, 0.2) is 49.0 Å². The Balaban J connectivity index is 2.09. The van der Waals surface area contributed by atoms with Crippen molar-refractivity contribution in [1.29, 1.82) is 0 Å². The molecule has 2 aromatic rings. The van der Waals surface area contributed by atoms with Crippen molar-refractivity contribution in [3.8, 4) is 5.75 Å². The fourth-order valence-corrected chi connectivity index (χ4v) is 2.50. The number of ketones is 1. The highest BCUT2D eigenvalue weighted by Gasteiger charge is 2.19. The Morgan fingerprint density at radius 3 is 2.70 bits per heavy atom. The van der Waals surface area contributed by atoms with Gasteiger partial charge in [0.25, 0.3) is 0 Å². The average Bonchev–Trinajstić information content (AvgIpc) is 2.75. The molecule has 2 nitrogen and oxygen atoms in total. The molecule has 0 saturated carbocycles. The SMILES string of the molecule is C=C1C(c2cccc(C(C)=O)c2)=Cc2cc(O)ccc21. The molecular weight excluding hydrogens is 248 g/mol. The first-order valence-electron chi connectivity index (χ1n) is 6.42. The maximum Gasteiger partial charge on any atom is 0.159 e. The summed E-state index contributed by atoms with van der Waals surface area (Å²) in [6.45, 7) is 5.68. The summed E-state index contributed by atoms with van der Waals surface area (Å²) in [5.74, 6) is 0.290. The van der Waals surface area contributed by atoms with Crippen LogP contribution in [0.25, 0.3) is 17.2 Å². The van der Waals surface area contributed by atoms with Crippen molar-refractivity contribution in [2.75, 3.05) is 0 Å². The Hall–Kier alpha value is -2.61. The Morgan fingerprint density at radius 2 is 1.95 bits per heavy atom. The van der Waals surface area contributed by atoms with E-state index in [0.29, 0.717) is 5.56 Å². The monoisotopic (exact) mass is 262 g/mol. The predicted octanol–water partition coefficient (Wildman–Crippen LogP) is 4.16. The second-order valence-electron chi connectivity index (χ2n) is 4.95. The molecule has 0 saturated heterocycles. The smallest absolute Gasteiger partial charge is 0.159 e. The molecule has 1 N–H and O–H groups in total. The lowest BCUT2D eigenvalue weighted by Gasteiger charge is -2.07. The summed E-state index contributed by atoms with van der Waals surface area (Å²) in [5, 5.41) is 9.55. The Bertz CT molecular complexity index is 767. The molecule has 3 rings (SSSR count). The van der Waals surface area contributed by atoms with E-state index in [1.165, 1.54) is 0 Å². The largest absolute Gasteiger partial charge is 0.508 e. The molecule has 1 aliphatic rings. The fraction of sp³-hybridized carbons (Fsp3) is 0.0556. The van der Waals surface area contributed by atoms with Gasteiger partial charge in [-0.05, 0) is 59.0 Å². The third kappa shape index (κ3) is 1.95. The highest BCUT2D eigenvalue weighted by Crippen LogP contribution is 2.41. The number of phenols is 1. The van der Waals surface area contributed by atoms with Gasteiger partial charge in [0.1, 0.15) is 5.75 Å². The van der Waals surface area contributed by atoms with Crippen LogP contribution in [0.1, 0.15) is 34.0 Å². The van der Waals surface area contributed by atoms with Crippen molar-refractivity contribution in [1.82, 2.24) is 0 Å². The van der Waals surface area contributed by atoms with Gasteiger partial charge in [-0.1, -0.05) is 30.8 Å². The summed E-state index contributed by atoms with van der Waals surface area (Å²) < 4.78 is 0. The standard InChI is InChI=1S/C18H14O2/c1-11-17-7-6-16(20)9-15(17)10-18(11)14-5-3-4-13(8-14)12(2)19/h3-10,20H,1H2,2H3. The molecule has 98 valence electrons. The van der Waals surface area contributed by atoms with Crippen LogP contribution >= 0.6 is 0 Å². The van der Waals surface area contributed by atoms with Gasteiger partial charge in [0.05, 0.1) is 0 Å². The molecule has 0 bridgehead atoms. The first-order chi connectivity index (χ1) is 9.56. The van der Waals surface area contributed by atoms with Crippen molar-refractivity contribution >= 4 is 23.0 Å². The van der Waals surface area contributed by atoms with Crippen LogP contribution in [0, 0.1) is 0 Å². The first-order valence-corrected chi connectivity index (χ1v) is 6.42. The summed E-state index contributed by atoms with van der Waals surface area (Å²) >= 11 is 0. The van der Waals surface area contributed by atoms with Gasteiger partial charge in [0.15, 0.2) is 5.78 Å². The van der Waals surface area contributed by atoms with Crippen molar-refractivity contribution < 1.29 is 9.90 Å². The van der Waals surface area contributed by atoms with Crippen LogP contribution in [-0.2, 0) is 0 Å². The molecule has 0 spiro atoms. The number of carbonyl (C=O) groups is 1. The summed E-state index contributed by atoms with van der Waals surface area (Å²) in [7, 11) is 0. The van der Waals surface area contributed by atoms with Gasteiger partial charge < -0.3 is 5.11 Å². The van der Waals surface area contributed by atoms with Crippen LogP contribution in [-0.4, -0.2) is 10.9 Å². The van der Waals surface area contributed by atoms with E-state index in [9.17, 15) is 9.90 Å². The second-order valence-corrected chi connectivity index (χ2v) is 4.95. The quantitative estimate of drug-likeness (QED) is 0.825. The van der Waals surface area contributed by atoms with Crippen molar-refractivity contribution in [3.63, 3.8) is 0 Å². The molecule has 0 radical (unpaired) electrons. The average molecular weight is 262 g/mol. The Kier molecular flexibility index (Phi) is 2.79. The van der Waals surface area contributed by atoms with E-state index >= 15 is 0 Å². The van der Waals surface area contributed by atoms with E-state index in [4.69, 9.17) is 0 Å². The molecule has 0 aromatic heterocycles. The maximum atomic E-state index is 11.5. The van der Waals surface area contributed by atoms with Crippen molar-refractivity contribution in [2.45, 2.75) is 6.92 Å². The highest BCUT2D eigenvalue weighted by molar-refractivity contribution is 6.17. The number of allylic oxidation sites excluding steroid dienone is 2. The Labute approximate surface area is 117 Å². The maximum absolute atomic E-state index is 11.5. The van der Waals surface area contributed by atoms with Crippen molar-refractivity contribution in [2.24, 2.45) is 0 Å². The molecule has 2 heteroatoms. The van der Waals surface area contributed by atoms with E-state index in [1.54, 1.807) is 19.1 Å². The second kappa shape index (κ2) is 4.49. The summed E-state index contributed by atoms with van der Waals surface area (Å²) in [4.78, 5) is 11.5. The number of phenolic OH excluding ortho intramolecular Hbond substituents is 1. The van der Waals surface area contributed by atoms with Gasteiger partial charge >= 0.3 is 0 Å². The lowest BCUT2D eigenvalue weighted by atomic mass is 9.97. The van der Waals surface area contributed by atoms with Crippen LogP contribution in [0.2, 0.25) is 0 Å². The van der Waals surface area contributed by atoms with E-state index in [1.807, 2.05) is 36.4 Å². The topological polar surface area (TPSA) is 37.3 Å². The zero-order valence-electron chi connectivity index (χ0n) is 11.2. The van der Waals surface area contributed by atoms with Crippen molar-refractivity contribution in [3.05, 3.63) is 71.3 Å². The number of aromatic hydroxyl groups is 1. The molecule has 2 aromatic carbocycles. The van der Waals surface area contributed by atoms with Crippen LogP contribution < -0.4 is 0 Å². The normalized spacial score (nSPS) is 13.1. The zero-order chi connectivity index (χ0) is 14.3. The minimum absolute atomic E-state index is 0.0474. The number of fused-ring (bicyclic) bond motifs is 1. The van der Waals surface area contributed by atoms with Gasteiger partial charge in [-0.15, -0.1) is 0 Å². The summed E-state index contributed by atoms with van der Waals surface area (Å²) in [6, 6.07) is 12.8. The number of rotatable bonds is 2. The molecule has 0 atom stereocenters. The molecule has 0 unspecified atom stereocenters. The number of hydrogen-bond acceptors (Lipinski definition) is 2. The van der Waals surface area contributed by atoms with Crippen LogP contribution in [0.4, 0.5) is 0 Å². The van der Waals surface area contributed by atoms with Gasteiger partial charge in [-0.3, -0.25) is 4.79 Å². The molecule has 1 aliphatic carbocycles. The molecule has 0 heterocycles. The van der Waals surface area contributed by atoms with E-state index in [0.717, 1.165) is 27.8 Å². The van der Waals surface area contributed by atoms with Gasteiger partial charge in [-0.25, -0.2) is 0 Å². The molecule has 0 amide bonds. The molecule has 0 aliphatic heterocycles. The third-order valence-electron chi connectivity index (χ3n) is 3.57. The van der Waals surface area contributed by atoms with E-state index in [-0.39, 0.29) is 11.5 Å². The molecular formula is C18H14O2. The minimum atomic E-state index is 0.0474. The highest BCUT2D eigenvalue weighted by atomic mass is 16.3. The number of hydrogen-bond donors (Lipinski definition) is 1. The van der Waals surface area contributed by atoms with Crippen LogP contribution in [0.3, 0.4) is 0 Å². The number of benzene rings is 2. The predicted molar refractivity (Wildman–Crippen MR) is 81.5 cm³/mol. The molecule has 20 heavy (non-hydrogen) atoms. The first kappa shape index (κ1) is 12.4. The number of carbonyl (C=O) groups excluding carboxylic acids is 1. The van der Waals surface area contributed by atoms with Gasteiger partial charge in [0.2, 0.25) is 0 Å². The van der Waals surface area contributed by atoms with Crippen LogP contribution in [0.5, 0.6) is 5.75 Å².